The molecule has 0 bridgehead atoms. The van der Waals surface area contributed by atoms with Crippen LogP contribution >= 0.6 is 0 Å². The largest absolute Gasteiger partial charge is 0.393 e. The molecular formula is C15H18N2O. The van der Waals surface area contributed by atoms with Crippen molar-refractivity contribution < 1.29 is 5.11 Å². The van der Waals surface area contributed by atoms with Gasteiger partial charge in [0.1, 0.15) is 0 Å². The molecule has 0 amide bonds. The van der Waals surface area contributed by atoms with E-state index in [0.717, 1.165) is 43.6 Å². The normalized spacial score (nSPS) is 31.2. The molecule has 1 aliphatic heterocycles. The summed E-state index contributed by atoms with van der Waals surface area (Å²) in [6.45, 7) is 3.01. The van der Waals surface area contributed by atoms with Gasteiger partial charge in [-0.2, -0.15) is 5.26 Å². The zero-order chi connectivity index (χ0) is 12.5. The van der Waals surface area contributed by atoms with Crippen LogP contribution in [0.15, 0.2) is 24.3 Å². The molecule has 3 rings (SSSR count). The first kappa shape index (κ1) is 11.7. The zero-order valence-corrected chi connectivity index (χ0v) is 10.4. The Bertz CT molecular complexity index is 466. The lowest BCUT2D eigenvalue weighted by molar-refractivity contribution is 0.161. The van der Waals surface area contributed by atoms with E-state index in [9.17, 15) is 5.11 Å². The van der Waals surface area contributed by atoms with Crippen molar-refractivity contribution in [2.45, 2.75) is 25.5 Å². The van der Waals surface area contributed by atoms with E-state index in [2.05, 4.69) is 11.0 Å². The number of aliphatic hydroxyl groups excluding tert-OH is 1. The van der Waals surface area contributed by atoms with Crippen LogP contribution in [0, 0.1) is 23.2 Å². The van der Waals surface area contributed by atoms with E-state index in [4.69, 9.17) is 5.26 Å². The van der Waals surface area contributed by atoms with Crippen LogP contribution in [-0.4, -0.2) is 29.2 Å². The highest BCUT2D eigenvalue weighted by molar-refractivity contribution is 5.37. The molecule has 1 N–H and O–H groups in total. The summed E-state index contributed by atoms with van der Waals surface area (Å²) < 4.78 is 0. The Labute approximate surface area is 108 Å². The molecule has 1 aromatic rings. The Morgan fingerprint density at radius 2 is 1.89 bits per heavy atom. The first-order chi connectivity index (χ1) is 8.76. The third-order valence-electron chi connectivity index (χ3n) is 4.33. The Balaban J connectivity index is 1.67. The molecule has 2 fully saturated rings. The molecule has 0 spiro atoms. The molecule has 2 aliphatic rings. The van der Waals surface area contributed by atoms with Crippen molar-refractivity contribution in [2.75, 3.05) is 13.1 Å². The first-order valence-electron chi connectivity index (χ1n) is 6.64. The lowest BCUT2D eigenvalue weighted by Crippen LogP contribution is -2.23. The van der Waals surface area contributed by atoms with Gasteiger partial charge in [0.15, 0.2) is 0 Å². The van der Waals surface area contributed by atoms with Crippen LogP contribution in [0.5, 0.6) is 0 Å². The second-order valence-electron chi connectivity index (χ2n) is 5.61. The monoisotopic (exact) mass is 242 g/mol. The highest BCUT2D eigenvalue weighted by Gasteiger charge is 2.40. The minimum absolute atomic E-state index is 0.0754. The molecule has 1 heterocycles. The lowest BCUT2D eigenvalue weighted by Gasteiger charge is -2.18. The highest BCUT2D eigenvalue weighted by atomic mass is 16.3. The van der Waals surface area contributed by atoms with Gasteiger partial charge in [-0.1, -0.05) is 18.2 Å². The molecule has 0 aromatic heterocycles. The Hall–Kier alpha value is -1.37. The van der Waals surface area contributed by atoms with Gasteiger partial charge >= 0.3 is 0 Å². The van der Waals surface area contributed by atoms with E-state index >= 15 is 0 Å². The topological polar surface area (TPSA) is 47.3 Å². The van der Waals surface area contributed by atoms with Crippen molar-refractivity contribution >= 4 is 0 Å². The summed E-state index contributed by atoms with van der Waals surface area (Å²) in [6.07, 6.45) is 1.84. The maximum absolute atomic E-state index is 9.63. The van der Waals surface area contributed by atoms with Gasteiger partial charge in [0.25, 0.3) is 0 Å². The molecule has 1 unspecified atom stereocenters. The van der Waals surface area contributed by atoms with Gasteiger partial charge in [-0.05, 0) is 36.3 Å². The summed E-state index contributed by atoms with van der Waals surface area (Å²) in [7, 11) is 0. The molecule has 0 radical (unpaired) electrons. The molecule has 18 heavy (non-hydrogen) atoms. The zero-order valence-electron chi connectivity index (χ0n) is 10.4. The van der Waals surface area contributed by atoms with E-state index in [0.29, 0.717) is 11.8 Å². The number of nitriles is 1. The van der Waals surface area contributed by atoms with E-state index in [1.54, 1.807) is 0 Å². The average Bonchev–Trinajstić information content (AvgIpc) is 2.86. The van der Waals surface area contributed by atoms with Crippen LogP contribution in [0.4, 0.5) is 0 Å². The summed E-state index contributed by atoms with van der Waals surface area (Å²) in [6, 6.07) is 10.1. The fourth-order valence-corrected chi connectivity index (χ4v) is 3.50. The summed E-state index contributed by atoms with van der Waals surface area (Å²) in [5.41, 5.74) is 1.91. The number of fused-ring (bicyclic) bond motifs is 1. The van der Waals surface area contributed by atoms with Crippen molar-refractivity contribution in [3.8, 4) is 6.07 Å². The number of hydrogen-bond acceptors (Lipinski definition) is 3. The smallest absolute Gasteiger partial charge is 0.0995 e. The van der Waals surface area contributed by atoms with E-state index in [1.165, 1.54) is 0 Å². The first-order valence-corrected chi connectivity index (χ1v) is 6.64. The van der Waals surface area contributed by atoms with Gasteiger partial charge in [-0.3, -0.25) is 4.90 Å². The van der Waals surface area contributed by atoms with Gasteiger partial charge < -0.3 is 5.11 Å². The minimum Gasteiger partial charge on any atom is -0.393 e. The predicted octanol–water partition coefficient (Wildman–Crippen LogP) is 1.76. The second kappa shape index (κ2) is 4.72. The summed E-state index contributed by atoms with van der Waals surface area (Å²) in [5, 5.41) is 18.7. The van der Waals surface area contributed by atoms with Gasteiger partial charge in [0, 0.05) is 19.6 Å². The van der Waals surface area contributed by atoms with E-state index in [1.807, 2.05) is 24.3 Å². The van der Waals surface area contributed by atoms with Crippen LogP contribution < -0.4 is 0 Å². The summed E-state index contributed by atoms with van der Waals surface area (Å²) in [4.78, 5) is 2.43. The molecule has 3 nitrogen and oxygen atoms in total. The molecule has 1 saturated heterocycles. The highest BCUT2D eigenvalue weighted by Crippen LogP contribution is 2.38. The quantitative estimate of drug-likeness (QED) is 0.859. The molecule has 1 saturated carbocycles. The molecule has 1 aliphatic carbocycles. The number of likely N-dealkylation sites (tertiary alicyclic amines) is 1. The van der Waals surface area contributed by atoms with Crippen molar-refractivity contribution in [1.29, 1.82) is 5.26 Å². The maximum atomic E-state index is 9.63. The fraction of sp³-hybridized carbons (Fsp3) is 0.533. The summed E-state index contributed by atoms with van der Waals surface area (Å²) >= 11 is 0. The predicted molar refractivity (Wildman–Crippen MR) is 68.7 cm³/mol. The molecule has 1 aromatic carbocycles. The summed E-state index contributed by atoms with van der Waals surface area (Å²) in [5.74, 6) is 1.32. The van der Waals surface area contributed by atoms with E-state index < -0.39 is 0 Å². The second-order valence-corrected chi connectivity index (χ2v) is 5.61. The SMILES string of the molecule is N#Cc1ccccc1CN1C[C@H]2CC(O)C[C@H]2C1. The van der Waals surface area contributed by atoms with Gasteiger partial charge in [-0.15, -0.1) is 0 Å². The van der Waals surface area contributed by atoms with Crippen LogP contribution in [-0.2, 0) is 6.54 Å². The molecule has 94 valence electrons. The van der Waals surface area contributed by atoms with Crippen molar-refractivity contribution in [2.24, 2.45) is 11.8 Å². The molecular weight excluding hydrogens is 224 g/mol. The lowest BCUT2D eigenvalue weighted by atomic mass is 10.0. The molecule has 3 heteroatoms. The van der Waals surface area contributed by atoms with Crippen LogP contribution in [0.2, 0.25) is 0 Å². The third-order valence-corrected chi connectivity index (χ3v) is 4.33. The standard InChI is InChI=1S/C15H18N2O/c16-7-11-3-1-2-4-12(11)8-17-9-13-5-15(18)6-14(13)10-17/h1-4,13-15,18H,5-6,8-10H2/t13-,14+,15?. The van der Waals surface area contributed by atoms with Crippen molar-refractivity contribution in [3.05, 3.63) is 35.4 Å². The minimum atomic E-state index is -0.0754. The number of nitrogens with zero attached hydrogens (tertiary/aromatic N) is 2. The van der Waals surface area contributed by atoms with Crippen LogP contribution in [0.1, 0.15) is 24.0 Å². The Morgan fingerprint density at radius 1 is 1.22 bits per heavy atom. The van der Waals surface area contributed by atoms with Gasteiger partial charge in [0.05, 0.1) is 17.7 Å². The number of rotatable bonds is 2. The van der Waals surface area contributed by atoms with Crippen molar-refractivity contribution in [3.63, 3.8) is 0 Å². The average molecular weight is 242 g/mol. The van der Waals surface area contributed by atoms with Gasteiger partial charge in [-0.25, -0.2) is 0 Å². The van der Waals surface area contributed by atoms with Crippen molar-refractivity contribution in [1.82, 2.24) is 4.90 Å². The number of benzene rings is 1. The van der Waals surface area contributed by atoms with Crippen LogP contribution in [0.3, 0.4) is 0 Å². The number of hydrogen-bond donors (Lipinski definition) is 1. The van der Waals surface area contributed by atoms with Gasteiger partial charge in [0.2, 0.25) is 0 Å². The Morgan fingerprint density at radius 3 is 2.56 bits per heavy atom. The number of aliphatic hydroxyl groups is 1. The fourth-order valence-electron chi connectivity index (χ4n) is 3.50. The molecule has 3 atom stereocenters. The van der Waals surface area contributed by atoms with Crippen LogP contribution in [0.25, 0.3) is 0 Å². The maximum Gasteiger partial charge on any atom is 0.0995 e. The Kier molecular flexibility index (Phi) is 3.07. The van der Waals surface area contributed by atoms with E-state index in [-0.39, 0.29) is 6.10 Å². The third kappa shape index (κ3) is 2.14.